The van der Waals surface area contributed by atoms with Crippen LogP contribution in [0.25, 0.3) is 0 Å². The molecule has 0 saturated heterocycles. The average molecular weight is 371 g/mol. The van der Waals surface area contributed by atoms with Crippen molar-refractivity contribution >= 4 is 11.9 Å². The lowest BCUT2D eigenvalue weighted by molar-refractivity contribution is -0.142. The van der Waals surface area contributed by atoms with E-state index in [4.69, 9.17) is 9.47 Å². The first-order valence-corrected chi connectivity index (χ1v) is 8.85. The zero-order chi connectivity index (χ0) is 19.6. The maximum absolute atomic E-state index is 12.3. The topological polar surface area (TPSA) is 84.9 Å². The number of nitrogens with one attached hydrogen (secondary N) is 1. The van der Waals surface area contributed by atoms with E-state index in [0.717, 1.165) is 11.3 Å². The minimum atomic E-state index is -0.952. The van der Waals surface area contributed by atoms with Crippen LogP contribution in [0.15, 0.2) is 54.6 Å². The van der Waals surface area contributed by atoms with Gasteiger partial charge >= 0.3 is 5.97 Å². The van der Waals surface area contributed by atoms with E-state index < -0.39 is 17.9 Å². The predicted octanol–water partition coefficient (Wildman–Crippen LogP) is 3.43. The molecule has 0 fully saturated rings. The van der Waals surface area contributed by atoms with Crippen molar-refractivity contribution in [2.24, 2.45) is 5.92 Å². The van der Waals surface area contributed by atoms with Crippen LogP contribution in [0.2, 0.25) is 0 Å². The van der Waals surface area contributed by atoms with Gasteiger partial charge in [0.1, 0.15) is 11.5 Å². The molecule has 2 N–H and O–H groups in total. The normalized spacial score (nSPS) is 12.7. The Balaban J connectivity index is 1.83. The summed E-state index contributed by atoms with van der Waals surface area (Å²) in [7, 11) is 1.60. The number of carbonyl (C=O) groups is 2. The molecular formula is C21H25NO5. The van der Waals surface area contributed by atoms with Gasteiger partial charge in [0.15, 0.2) is 0 Å². The first-order chi connectivity index (χ1) is 13.0. The maximum Gasteiger partial charge on any atom is 0.308 e. The van der Waals surface area contributed by atoms with E-state index in [-0.39, 0.29) is 12.3 Å². The Morgan fingerprint density at radius 2 is 1.67 bits per heavy atom. The van der Waals surface area contributed by atoms with Gasteiger partial charge in [0.2, 0.25) is 5.91 Å². The quantitative estimate of drug-likeness (QED) is 0.625. The molecule has 2 unspecified atom stereocenters. The second-order valence-electron chi connectivity index (χ2n) is 6.21. The fourth-order valence-corrected chi connectivity index (χ4v) is 2.64. The molecule has 0 radical (unpaired) electrons. The lowest BCUT2D eigenvalue weighted by Crippen LogP contribution is -2.35. The molecule has 6 heteroatoms. The smallest absolute Gasteiger partial charge is 0.308 e. The summed E-state index contributed by atoms with van der Waals surface area (Å²) in [6, 6.07) is 15.8. The van der Waals surface area contributed by atoms with Crippen LogP contribution in [0.5, 0.6) is 11.5 Å². The van der Waals surface area contributed by atoms with Gasteiger partial charge in [0.05, 0.1) is 25.7 Å². The van der Waals surface area contributed by atoms with Crippen molar-refractivity contribution in [2.45, 2.75) is 25.8 Å². The summed E-state index contributed by atoms with van der Waals surface area (Å²) >= 11 is 0. The molecule has 6 nitrogen and oxygen atoms in total. The van der Waals surface area contributed by atoms with Gasteiger partial charge < -0.3 is 19.9 Å². The summed E-state index contributed by atoms with van der Waals surface area (Å²) in [4.78, 5) is 23.7. The summed E-state index contributed by atoms with van der Waals surface area (Å²) in [6.45, 7) is 1.98. The van der Waals surface area contributed by atoms with E-state index in [1.807, 2.05) is 30.3 Å². The summed E-state index contributed by atoms with van der Waals surface area (Å²) in [5.41, 5.74) is 0.773. The van der Waals surface area contributed by atoms with E-state index in [1.165, 1.54) is 0 Å². The Bertz CT molecular complexity index is 730. The van der Waals surface area contributed by atoms with Gasteiger partial charge in [-0.2, -0.15) is 0 Å². The third-order valence-electron chi connectivity index (χ3n) is 4.24. The second-order valence-corrected chi connectivity index (χ2v) is 6.21. The van der Waals surface area contributed by atoms with Crippen molar-refractivity contribution in [2.75, 3.05) is 13.7 Å². The van der Waals surface area contributed by atoms with Crippen LogP contribution in [-0.4, -0.2) is 30.7 Å². The number of benzene rings is 2. The highest BCUT2D eigenvalue weighted by molar-refractivity contribution is 5.78. The molecule has 144 valence electrons. The van der Waals surface area contributed by atoms with Crippen LogP contribution in [0, 0.1) is 5.92 Å². The molecule has 0 aliphatic heterocycles. The van der Waals surface area contributed by atoms with Gasteiger partial charge in [-0.1, -0.05) is 30.3 Å². The number of hydrogen-bond donors (Lipinski definition) is 2. The molecule has 0 heterocycles. The fourth-order valence-electron chi connectivity index (χ4n) is 2.64. The number of carboxylic acids is 1. The van der Waals surface area contributed by atoms with E-state index in [2.05, 4.69) is 5.32 Å². The Kier molecular flexibility index (Phi) is 7.67. The first-order valence-electron chi connectivity index (χ1n) is 8.85. The zero-order valence-corrected chi connectivity index (χ0v) is 15.6. The van der Waals surface area contributed by atoms with Crippen LogP contribution in [-0.2, 0) is 9.59 Å². The lowest BCUT2D eigenvalue weighted by Gasteiger charge is -2.23. The second kappa shape index (κ2) is 10.2. The van der Waals surface area contributed by atoms with Crippen LogP contribution >= 0.6 is 0 Å². The summed E-state index contributed by atoms with van der Waals surface area (Å²) < 4.78 is 10.7. The first kappa shape index (κ1) is 20.3. The molecular weight excluding hydrogens is 346 g/mol. The molecule has 1 amide bonds. The predicted molar refractivity (Wildman–Crippen MR) is 102 cm³/mol. The summed E-state index contributed by atoms with van der Waals surface area (Å²) in [6.07, 6.45) is 0.784. The van der Waals surface area contributed by atoms with E-state index in [1.54, 1.807) is 38.3 Å². The van der Waals surface area contributed by atoms with E-state index >= 15 is 0 Å². The molecule has 0 aliphatic rings. The molecule has 0 spiro atoms. The lowest BCUT2D eigenvalue weighted by atomic mass is 9.94. The van der Waals surface area contributed by atoms with Gasteiger partial charge in [0.25, 0.3) is 0 Å². The van der Waals surface area contributed by atoms with Gasteiger partial charge in [0, 0.05) is 6.42 Å². The molecule has 2 atom stereocenters. The maximum atomic E-state index is 12.3. The van der Waals surface area contributed by atoms with Gasteiger partial charge in [-0.05, 0) is 43.2 Å². The number of carboxylic acid groups (broad SMARTS) is 1. The van der Waals surface area contributed by atoms with Crippen molar-refractivity contribution in [3.63, 3.8) is 0 Å². The van der Waals surface area contributed by atoms with Crippen molar-refractivity contribution in [3.8, 4) is 11.5 Å². The van der Waals surface area contributed by atoms with Crippen LogP contribution in [0.4, 0.5) is 0 Å². The molecule has 2 rings (SSSR count). The number of carbonyl (C=O) groups excluding carboxylic acids is 1. The van der Waals surface area contributed by atoms with Crippen molar-refractivity contribution in [1.29, 1.82) is 0 Å². The van der Waals surface area contributed by atoms with Crippen molar-refractivity contribution < 1.29 is 24.2 Å². The van der Waals surface area contributed by atoms with Gasteiger partial charge in [-0.3, -0.25) is 9.59 Å². The minimum absolute atomic E-state index is 0.199. The van der Waals surface area contributed by atoms with Gasteiger partial charge in [-0.15, -0.1) is 0 Å². The Labute approximate surface area is 159 Å². The molecule has 2 aromatic carbocycles. The summed E-state index contributed by atoms with van der Waals surface area (Å²) in [5, 5.41) is 12.2. The fraction of sp³-hybridized carbons (Fsp3) is 0.333. The van der Waals surface area contributed by atoms with Gasteiger partial charge in [-0.25, -0.2) is 0 Å². The SMILES string of the molecule is COc1ccc(OCCCC(=O)NC(c2ccccc2)C(C)C(=O)O)cc1. The molecule has 0 aromatic heterocycles. The van der Waals surface area contributed by atoms with E-state index in [0.29, 0.717) is 18.8 Å². The van der Waals surface area contributed by atoms with Crippen molar-refractivity contribution in [1.82, 2.24) is 5.32 Å². The monoisotopic (exact) mass is 371 g/mol. The molecule has 2 aromatic rings. The number of amides is 1. The molecule has 27 heavy (non-hydrogen) atoms. The zero-order valence-electron chi connectivity index (χ0n) is 15.6. The Hall–Kier alpha value is -3.02. The highest BCUT2D eigenvalue weighted by Gasteiger charge is 2.26. The number of aliphatic carboxylic acids is 1. The number of rotatable bonds is 10. The number of hydrogen-bond acceptors (Lipinski definition) is 4. The Morgan fingerprint density at radius 1 is 1.04 bits per heavy atom. The molecule has 0 saturated carbocycles. The summed E-state index contributed by atoms with van der Waals surface area (Å²) in [5.74, 6) is -0.423. The molecule has 0 bridgehead atoms. The Morgan fingerprint density at radius 3 is 2.26 bits per heavy atom. The van der Waals surface area contributed by atoms with Crippen molar-refractivity contribution in [3.05, 3.63) is 60.2 Å². The highest BCUT2D eigenvalue weighted by atomic mass is 16.5. The van der Waals surface area contributed by atoms with E-state index in [9.17, 15) is 14.7 Å². The van der Waals surface area contributed by atoms with Crippen LogP contribution < -0.4 is 14.8 Å². The number of methoxy groups -OCH3 is 1. The average Bonchev–Trinajstić information content (AvgIpc) is 2.70. The van der Waals surface area contributed by atoms with Crippen LogP contribution in [0.3, 0.4) is 0 Å². The highest BCUT2D eigenvalue weighted by Crippen LogP contribution is 2.22. The largest absolute Gasteiger partial charge is 0.497 e. The molecule has 0 aliphatic carbocycles. The number of ether oxygens (including phenoxy) is 2. The third-order valence-corrected chi connectivity index (χ3v) is 4.24. The van der Waals surface area contributed by atoms with Crippen LogP contribution in [0.1, 0.15) is 31.4 Å². The standard InChI is InChI=1S/C21H25NO5/c1-15(21(24)25)20(16-7-4-3-5-8-16)22-19(23)9-6-14-27-18-12-10-17(26-2)11-13-18/h3-5,7-8,10-13,15,20H,6,9,14H2,1-2H3,(H,22,23)(H,24,25). The minimum Gasteiger partial charge on any atom is -0.497 e. The third kappa shape index (κ3) is 6.33.